The molecule has 0 fully saturated rings. The quantitative estimate of drug-likeness (QED) is 0.795. The third kappa shape index (κ3) is 3.72. The molecule has 0 aromatic heterocycles. The normalized spacial score (nSPS) is 14.7. The molecule has 0 saturated carbocycles. The maximum absolute atomic E-state index is 10.3. The molecule has 3 N–H and O–H groups in total. The first-order valence-corrected chi connectivity index (χ1v) is 6.07. The van der Waals surface area contributed by atoms with Gasteiger partial charge in [0, 0.05) is 6.54 Å². The number of hydrogen-bond donors (Lipinski definition) is 2. The molecule has 3 heteroatoms. The third-order valence-electron chi connectivity index (χ3n) is 3.43. The minimum atomic E-state index is -0.764. The highest BCUT2D eigenvalue weighted by atomic mass is 16.5. The van der Waals surface area contributed by atoms with Crippen molar-refractivity contribution in [3.63, 3.8) is 0 Å². The number of nitrogens with two attached hydrogens (primary N) is 1. The SMILES string of the molecule is COc1ccc(CCC(O)(CN)C(C)C)cc1. The molecule has 0 aliphatic carbocycles. The molecule has 1 atom stereocenters. The van der Waals surface area contributed by atoms with E-state index in [1.807, 2.05) is 38.1 Å². The van der Waals surface area contributed by atoms with Crippen LogP contribution in [0, 0.1) is 5.92 Å². The fourth-order valence-corrected chi connectivity index (χ4v) is 1.78. The van der Waals surface area contributed by atoms with E-state index in [-0.39, 0.29) is 5.92 Å². The van der Waals surface area contributed by atoms with Gasteiger partial charge in [-0.1, -0.05) is 26.0 Å². The van der Waals surface area contributed by atoms with Gasteiger partial charge in [-0.15, -0.1) is 0 Å². The summed E-state index contributed by atoms with van der Waals surface area (Å²) >= 11 is 0. The van der Waals surface area contributed by atoms with Gasteiger partial charge in [-0.3, -0.25) is 0 Å². The monoisotopic (exact) mass is 237 g/mol. The average Bonchev–Trinajstić information content (AvgIpc) is 2.36. The van der Waals surface area contributed by atoms with E-state index in [2.05, 4.69) is 0 Å². The summed E-state index contributed by atoms with van der Waals surface area (Å²) in [6.07, 6.45) is 1.52. The van der Waals surface area contributed by atoms with Crippen LogP contribution in [0.4, 0.5) is 0 Å². The molecule has 0 heterocycles. The van der Waals surface area contributed by atoms with Crippen molar-refractivity contribution in [3.8, 4) is 5.75 Å². The van der Waals surface area contributed by atoms with E-state index < -0.39 is 5.60 Å². The molecule has 0 aliphatic heterocycles. The van der Waals surface area contributed by atoms with E-state index in [0.717, 1.165) is 12.2 Å². The van der Waals surface area contributed by atoms with E-state index in [1.54, 1.807) is 7.11 Å². The van der Waals surface area contributed by atoms with Gasteiger partial charge in [-0.2, -0.15) is 0 Å². The number of rotatable bonds is 6. The molecule has 0 saturated heterocycles. The molecular weight excluding hydrogens is 214 g/mol. The second-order valence-electron chi connectivity index (χ2n) is 4.81. The summed E-state index contributed by atoms with van der Waals surface area (Å²) in [5, 5.41) is 10.3. The van der Waals surface area contributed by atoms with Crippen molar-refractivity contribution in [2.75, 3.05) is 13.7 Å². The van der Waals surface area contributed by atoms with Gasteiger partial charge >= 0.3 is 0 Å². The number of ether oxygens (including phenoxy) is 1. The number of methoxy groups -OCH3 is 1. The summed E-state index contributed by atoms with van der Waals surface area (Å²) in [6.45, 7) is 4.31. The summed E-state index contributed by atoms with van der Waals surface area (Å²) in [5.41, 5.74) is 6.08. The molecular formula is C14H23NO2. The average molecular weight is 237 g/mol. The summed E-state index contributed by atoms with van der Waals surface area (Å²) in [5.74, 6) is 1.03. The topological polar surface area (TPSA) is 55.5 Å². The van der Waals surface area contributed by atoms with Crippen LogP contribution in [-0.2, 0) is 6.42 Å². The minimum absolute atomic E-state index is 0.172. The Morgan fingerprint density at radius 3 is 2.29 bits per heavy atom. The first-order valence-electron chi connectivity index (χ1n) is 6.07. The first-order chi connectivity index (χ1) is 8.01. The Hall–Kier alpha value is -1.06. The fourth-order valence-electron chi connectivity index (χ4n) is 1.78. The van der Waals surface area contributed by atoms with Crippen molar-refractivity contribution in [3.05, 3.63) is 29.8 Å². The van der Waals surface area contributed by atoms with Crippen molar-refractivity contribution in [2.45, 2.75) is 32.3 Å². The van der Waals surface area contributed by atoms with E-state index in [9.17, 15) is 5.11 Å². The van der Waals surface area contributed by atoms with Gasteiger partial charge in [0.15, 0.2) is 0 Å². The van der Waals surface area contributed by atoms with Crippen LogP contribution < -0.4 is 10.5 Å². The van der Waals surface area contributed by atoms with E-state index in [4.69, 9.17) is 10.5 Å². The molecule has 3 nitrogen and oxygen atoms in total. The minimum Gasteiger partial charge on any atom is -0.497 e. The van der Waals surface area contributed by atoms with Crippen LogP contribution in [0.3, 0.4) is 0 Å². The Labute approximate surface area is 104 Å². The maximum Gasteiger partial charge on any atom is 0.118 e. The Balaban J connectivity index is 2.59. The van der Waals surface area contributed by atoms with Gasteiger partial charge in [-0.25, -0.2) is 0 Å². The smallest absolute Gasteiger partial charge is 0.118 e. The summed E-state index contributed by atoms with van der Waals surface area (Å²) in [7, 11) is 1.65. The van der Waals surface area contributed by atoms with Crippen molar-refractivity contribution in [2.24, 2.45) is 11.7 Å². The maximum atomic E-state index is 10.3. The van der Waals surface area contributed by atoms with Crippen LogP contribution in [0.1, 0.15) is 25.8 Å². The second kappa shape index (κ2) is 6.03. The molecule has 0 spiro atoms. The lowest BCUT2D eigenvalue weighted by Gasteiger charge is -2.30. The largest absolute Gasteiger partial charge is 0.497 e. The van der Waals surface area contributed by atoms with Crippen molar-refractivity contribution >= 4 is 0 Å². The Morgan fingerprint density at radius 1 is 1.29 bits per heavy atom. The third-order valence-corrected chi connectivity index (χ3v) is 3.43. The molecule has 0 aliphatic rings. The summed E-state index contributed by atoms with van der Waals surface area (Å²) in [6, 6.07) is 7.92. The fraction of sp³-hybridized carbons (Fsp3) is 0.571. The molecule has 96 valence electrons. The second-order valence-corrected chi connectivity index (χ2v) is 4.81. The van der Waals surface area contributed by atoms with Crippen LogP contribution in [0.5, 0.6) is 5.75 Å². The van der Waals surface area contributed by atoms with Crippen LogP contribution in [-0.4, -0.2) is 24.4 Å². The molecule has 1 rings (SSSR count). The lowest BCUT2D eigenvalue weighted by Crippen LogP contribution is -2.43. The number of hydrogen-bond acceptors (Lipinski definition) is 3. The predicted octanol–water partition coefficient (Wildman–Crippen LogP) is 1.97. The van der Waals surface area contributed by atoms with E-state index in [0.29, 0.717) is 13.0 Å². The Bertz CT molecular complexity index is 335. The zero-order valence-electron chi connectivity index (χ0n) is 10.9. The number of aryl methyl sites for hydroxylation is 1. The summed E-state index contributed by atoms with van der Waals surface area (Å²) < 4.78 is 5.10. The molecule has 0 radical (unpaired) electrons. The molecule has 17 heavy (non-hydrogen) atoms. The first kappa shape index (κ1) is 14.0. The zero-order valence-corrected chi connectivity index (χ0v) is 10.9. The van der Waals surface area contributed by atoms with Crippen molar-refractivity contribution < 1.29 is 9.84 Å². The van der Waals surface area contributed by atoms with Crippen molar-refractivity contribution in [1.29, 1.82) is 0 Å². The molecule has 0 bridgehead atoms. The van der Waals surface area contributed by atoms with Gasteiger partial charge in [0.2, 0.25) is 0 Å². The van der Waals surface area contributed by atoms with Gasteiger partial charge < -0.3 is 15.6 Å². The molecule has 1 unspecified atom stereocenters. The molecule has 1 aromatic rings. The van der Waals surface area contributed by atoms with Gasteiger partial charge in [0.05, 0.1) is 12.7 Å². The van der Waals surface area contributed by atoms with E-state index >= 15 is 0 Å². The Kier molecular flexibility index (Phi) is 4.97. The van der Waals surface area contributed by atoms with Gasteiger partial charge in [0.25, 0.3) is 0 Å². The summed E-state index contributed by atoms with van der Waals surface area (Å²) in [4.78, 5) is 0. The van der Waals surface area contributed by atoms with Crippen LogP contribution in [0.25, 0.3) is 0 Å². The van der Waals surface area contributed by atoms with E-state index in [1.165, 1.54) is 5.56 Å². The lowest BCUT2D eigenvalue weighted by atomic mass is 9.85. The highest BCUT2D eigenvalue weighted by molar-refractivity contribution is 5.27. The van der Waals surface area contributed by atoms with Crippen molar-refractivity contribution in [1.82, 2.24) is 0 Å². The van der Waals surface area contributed by atoms with Gasteiger partial charge in [0.1, 0.15) is 5.75 Å². The molecule has 0 amide bonds. The standard InChI is InChI=1S/C14H23NO2/c1-11(2)14(16,10-15)9-8-12-4-6-13(17-3)7-5-12/h4-7,11,16H,8-10,15H2,1-3H3. The Morgan fingerprint density at radius 2 is 1.88 bits per heavy atom. The van der Waals surface area contributed by atoms with Crippen LogP contribution in [0.2, 0.25) is 0 Å². The zero-order chi connectivity index (χ0) is 12.9. The highest BCUT2D eigenvalue weighted by Gasteiger charge is 2.28. The predicted molar refractivity (Wildman–Crippen MR) is 70.2 cm³/mol. The number of benzene rings is 1. The van der Waals surface area contributed by atoms with Gasteiger partial charge in [-0.05, 0) is 36.5 Å². The van der Waals surface area contributed by atoms with Crippen LogP contribution in [0.15, 0.2) is 24.3 Å². The number of aliphatic hydroxyl groups is 1. The van der Waals surface area contributed by atoms with Crippen LogP contribution >= 0.6 is 0 Å². The molecule has 1 aromatic carbocycles. The highest BCUT2D eigenvalue weighted by Crippen LogP contribution is 2.23. The lowest BCUT2D eigenvalue weighted by molar-refractivity contribution is -0.00398.